The van der Waals surface area contributed by atoms with Gasteiger partial charge in [-0.05, 0) is 16.6 Å². The molecule has 0 radical (unpaired) electrons. The van der Waals surface area contributed by atoms with E-state index >= 15 is 0 Å². The highest BCUT2D eigenvalue weighted by Gasteiger charge is 2.48. The van der Waals surface area contributed by atoms with Crippen LogP contribution in [-0.2, 0) is 0 Å². The van der Waals surface area contributed by atoms with Crippen molar-refractivity contribution >= 4 is 16.1 Å². The normalized spacial score (nSPS) is 15.1. The molecule has 0 heterocycles. The molecule has 0 aliphatic rings. The van der Waals surface area contributed by atoms with Crippen LogP contribution in [0.15, 0.2) is 10.9 Å². The van der Waals surface area contributed by atoms with Crippen LogP contribution in [0.25, 0.3) is 0 Å². The molecule has 0 aliphatic carbocycles. The minimum atomic E-state index is -1.55. The van der Waals surface area contributed by atoms with Gasteiger partial charge in [-0.15, -0.1) is 0 Å². The van der Waals surface area contributed by atoms with E-state index in [-0.39, 0.29) is 6.61 Å². The molecule has 0 saturated carbocycles. The summed E-state index contributed by atoms with van der Waals surface area (Å²) in [7, 11) is -2.92. The van der Waals surface area contributed by atoms with E-state index in [2.05, 4.69) is 67.3 Å². The van der Waals surface area contributed by atoms with Crippen molar-refractivity contribution in [2.45, 2.75) is 77.8 Å². The first-order valence-electron chi connectivity index (χ1n) is 7.34. The van der Waals surface area contributed by atoms with Crippen molar-refractivity contribution in [2.24, 2.45) is 0 Å². The highest BCUT2D eigenvalue weighted by molar-refractivity contribution is 7.07. The fourth-order valence-corrected chi connectivity index (χ4v) is 19.0. The molecule has 0 spiro atoms. The topological polar surface area (TPSA) is 20.2 Å². The summed E-state index contributed by atoms with van der Waals surface area (Å²) in [5.74, 6) is 0. The second kappa shape index (κ2) is 6.53. The second-order valence-electron chi connectivity index (χ2n) is 7.45. The fourth-order valence-electron chi connectivity index (χ4n) is 4.16. The Labute approximate surface area is 117 Å². The first kappa shape index (κ1) is 18.1. The number of aliphatic hydroxyl groups is 1. The zero-order chi connectivity index (χ0) is 14.7. The van der Waals surface area contributed by atoms with Crippen LogP contribution >= 0.6 is 0 Å². The molecule has 0 aromatic carbocycles. The molecule has 18 heavy (non-hydrogen) atoms. The van der Waals surface area contributed by atoms with Crippen LogP contribution in [0.5, 0.6) is 0 Å². The monoisotopic (exact) mass is 286 g/mol. The van der Waals surface area contributed by atoms with Gasteiger partial charge in [-0.25, -0.2) is 0 Å². The Morgan fingerprint density at radius 1 is 0.889 bits per heavy atom. The molecule has 0 atom stereocenters. The fraction of sp³-hybridized carbons (Fsp3) is 0.867. The van der Waals surface area contributed by atoms with Crippen molar-refractivity contribution in [3.8, 4) is 0 Å². The third-order valence-corrected chi connectivity index (χ3v) is 16.7. The molecular formula is C15H34OSi2. The van der Waals surface area contributed by atoms with Crippen LogP contribution in [0.4, 0.5) is 0 Å². The van der Waals surface area contributed by atoms with E-state index in [4.69, 9.17) is 0 Å². The smallest absolute Gasteiger partial charge is 0.0845 e. The van der Waals surface area contributed by atoms with Crippen LogP contribution in [0.2, 0.25) is 36.3 Å². The van der Waals surface area contributed by atoms with E-state index in [1.54, 1.807) is 4.82 Å². The lowest BCUT2D eigenvalue weighted by molar-refractivity contribution is 0.342. The summed E-state index contributed by atoms with van der Waals surface area (Å²) in [6.45, 7) is 21.9. The predicted octanol–water partition coefficient (Wildman–Crippen LogP) is 5.00. The maximum atomic E-state index is 9.48. The molecule has 1 N–H and O–H groups in total. The number of hydrogen-bond donors (Lipinski definition) is 1. The Morgan fingerprint density at radius 3 is 1.39 bits per heavy atom. The van der Waals surface area contributed by atoms with Gasteiger partial charge in [0, 0.05) is 0 Å². The molecule has 0 unspecified atom stereocenters. The maximum absolute atomic E-state index is 9.48. The maximum Gasteiger partial charge on any atom is 0.0845 e. The Hall–Kier alpha value is 0.134. The van der Waals surface area contributed by atoms with E-state index < -0.39 is 16.1 Å². The largest absolute Gasteiger partial charge is 0.392 e. The Kier molecular flexibility index (Phi) is 6.58. The molecule has 0 rings (SSSR count). The molecule has 0 amide bonds. The number of hydrogen-bond acceptors (Lipinski definition) is 1. The lowest BCUT2D eigenvalue weighted by Gasteiger charge is -2.49. The summed E-state index contributed by atoms with van der Waals surface area (Å²) >= 11 is 0. The van der Waals surface area contributed by atoms with Crippen LogP contribution in [0.3, 0.4) is 0 Å². The Morgan fingerprint density at radius 2 is 1.22 bits per heavy atom. The summed E-state index contributed by atoms with van der Waals surface area (Å²) in [5.41, 5.74) is 2.21. The zero-order valence-corrected chi connectivity index (χ0v) is 16.0. The van der Waals surface area contributed by atoms with Crippen molar-refractivity contribution in [1.29, 1.82) is 0 Å². The van der Waals surface area contributed by atoms with E-state index in [0.717, 1.165) is 16.6 Å². The van der Waals surface area contributed by atoms with Gasteiger partial charge in [0.05, 0.1) is 22.8 Å². The SMILES string of the molecule is CC(C)[Si](/C(=C\CO)[Si](C)(C)C)(C(C)C)C(C)C. The van der Waals surface area contributed by atoms with Gasteiger partial charge in [-0.2, -0.15) is 0 Å². The average Bonchev–Trinajstić information content (AvgIpc) is 2.14. The van der Waals surface area contributed by atoms with Crippen molar-refractivity contribution in [3.05, 3.63) is 10.9 Å². The lowest BCUT2D eigenvalue weighted by Crippen LogP contribution is -2.53. The van der Waals surface area contributed by atoms with Gasteiger partial charge < -0.3 is 5.11 Å². The first-order chi connectivity index (χ1) is 8.02. The van der Waals surface area contributed by atoms with Gasteiger partial charge in [0.25, 0.3) is 0 Å². The van der Waals surface area contributed by atoms with E-state index in [1.807, 2.05) is 0 Å². The lowest BCUT2D eigenvalue weighted by atomic mass is 10.5. The van der Waals surface area contributed by atoms with Gasteiger partial charge in [-0.1, -0.05) is 72.1 Å². The molecule has 0 aliphatic heterocycles. The van der Waals surface area contributed by atoms with Crippen molar-refractivity contribution in [3.63, 3.8) is 0 Å². The number of rotatable bonds is 6. The molecule has 0 aromatic heterocycles. The van der Waals surface area contributed by atoms with Crippen molar-refractivity contribution < 1.29 is 5.11 Å². The third kappa shape index (κ3) is 3.37. The highest BCUT2D eigenvalue weighted by atomic mass is 28.4. The van der Waals surface area contributed by atoms with Gasteiger partial charge in [0.15, 0.2) is 0 Å². The summed E-state index contributed by atoms with van der Waals surface area (Å²) in [4.78, 5) is 1.69. The minimum Gasteiger partial charge on any atom is -0.392 e. The van der Waals surface area contributed by atoms with E-state index in [0.29, 0.717) is 0 Å². The van der Waals surface area contributed by atoms with Gasteiger partial charge in [-0.3, -0.25) is 0 Å². The first-order valence-corrected chi connectivity index (χ1v) is 13.1. The molecular weight excluding hydrogens is 252 g/mol. The van der Waals surface area contributed by atoms with Crippen LogP contribution in [0, 0.1) is 0 Å². The zero-order valence-electron chi connectivity index (χ0n) is 14.0. The third-order valence-electron chi connectivity index (χ3n) is 4.44. The van der Waals surface area contributed by atoms with Crippen LogP contribution in [-0.4, -0.2) is 27.9 Å². The summed E-state index contributed by atoms with van der Waals surface area (Å²) in [5, 5.41) is 9.48. The molecule has 108 valence electrons. The number of aliphatic hydroxyl groups excluding tert-OH is 1. The molecule has 1 nitrogen and oxygen atoms in total. The highest BCUT2D eigenvalue weighted by Crippen LogP contribution is 2.48. The summed E-state index contributed by atoms with van der Waals surface area (Å²) in [6, 6.07) is 0. The van der Waals surface area contributed by atoms with Crippen molar-refractivity contribution in [2.75, 3.05) is 6.61 Å². The van der Waals surface area contributed by atoms with Gasteiger partial charge in [0.1, 0.15) is 0 Å². The standard InChI is InChI=1S/C15H34OSi2/c1-12(2)18(13(3)4,14(5)6)15(10-11-16)17(7,8)9/h10,12-14,16H,11H2,1-9H3/b15-10-. The van der Waals surface area contributed by atoms with Gasteiger partial charge >= 0.3 is 0 Å². The molecule has 0 bridgehead atoms. The second-order valence-corrected chi connectivity index (χ2v) is 18.9. The van der Waals surface area contributed by atoms with Crippen molar-refractivity contribution in [1.82, 2.24) is 0 Å². The predicted molar refractivity (Wildman–Crippen MR) is 89.6 cm³/mol. The molecule has 3 heteroatoms. The molecule has 0 saturated heterocycles. The van der Waals surface area contributed by atoms with Crippen LogP contribution < -0.4 is 0 Å². The Bertz CT molecular complexity index is 264. The Balaban J connectivity index is 6.05. The van der Waals surface area contributed by atoms with E-state index in [9.17, 15) is 5.11 Å². The van der Waals surface area contributed by atoms with Crippen LogP contribution in [0.1, 0.15) is 41.5 Å². The minimum absolute atomic E-state index is 0.209. The average molecular weight is 287 g/mol. The van der Waals surface area contributed by atoms with Gasteiger partial charge in [0.2, 0.25) is 0 Å². The molecule has 0 fully saturated rings. The quantitative estimate of drug-likeness (QED) is 0.681. The van der Waals surface area contributed by atoms with E-state index in [1.165, 1.54) is 0 Å². The summed E-state index contributed by atoms with van der Waals surface area (Å²) in [6.07, 6.45) is 2.18. The molecule has 0 aromatic rings. The summed E-state index contributed by atoms with van der Waals surface area (Å²) < 4.78 is 0.